The molecule has 3 aromatic rings. The molecule has 0 spiro atoms. The summed E-state index contributed by atoms with van der Waals surface area (Å²) in [5.74, 6) is -0.359. The largest absolute Gasteiger partial charge is 0.324 e. The molecule has 0 aliphatic heterocycles. The van der Waals surface area contributed by atoms with Crippen molar-refractivity contribution in [2.75, 3.05) is 5.32 Å². The number of aromatic nitrogens is 2. The third kappa shape index (κ3) is 4.41. The molecular weight excluding hydrogens is 342 g/mol. The highest BCUT2D eigenvalue weighted by Crippen LogP contribution is 2.12. The van der Waals surface area contributed by atoms with Crippen molar-refractivity contribution in [3.05, 3.63) is 98.3 Å². The maximum absolute atomic E-state index is 12.4. The molecule has 1 amide bonds. The number of nitrogens with one attached hydrogen (secondary N) is 1. The van der Waals surface area contributed by atoms with Gasteiger partial charge in [-0.3, -0.25) is 19.0 Å². The van der Waals surface area contributed by atoms with Crippen molar-refractivity contribution in [1.29, 1.82) is 0 Å². The first-order valence-corrected chi connectivity index (χ1v) is 8.65. The predicted molar refractivity (Wildman–Crippen MR) is 105 cm³/mol. The summed E-state index contributed by atoms with van der Waals surface area (Å²) in [4.78, 5) is 36.9. The van der Waals surface area contributed by atoms with Crippen LogP contribution in [0.1, 0.15) is 16.7 Å². The zero-order valence-corrected chi connectivity index (χ0v) is 15.3. The van der Waals surface area contributed by atoms with Crippen LogP contribution in [0.2, 0.25) is 0 Å². The molecule has 2 aromatic carbocycles. The number of hydrogen-bond acceptors (Lipinski definition) is 3. The van der Waals surface area contributed by atoms with Crippen LogP contribution in [0, 0.1) is 13.8 Å². The van der Waals surface area contributed by atoms with E-state index in [-0.39, 0.29) is 12.5 Å². The van der Waals surface area contributed by atoms with Crippen molar-refractivity contribution in [1.82, 2.24) is 9.13 Å². The van der Waals surface area contributed by atoms with E-state index < -0.39 is 11.1 Å². The van der Waals surface area contributed by atoms with E-state index >= 15 is 0 Å². The Morgan fingerprint density at radius 3 is 2.22 bits per heavy atom. The molecule has 0 unspecified atom stereocenters. The molecule has 0 aliphatic rings. The second-order valence-electron chi connectivity index (χ2n) is 6.51. The fraction of sp³-hybridized carbons (Fsp3) is 0.190. The molecule has 1 N–H and O–H groups in total. The summed E-state index contributed by atoms with van der Waals surface area (Å²) >= 11 is 0. The number of amides is 1. The van der Waals surface area contributed by atoms with Crippen LogP contribution < -0.4 is 16.4 Å². The summed E-state index contributed by atoms with van der Waals surface area (Å²) in [5.41, 5.74) is 2.29. The number of nitrogens with zero attached hydrogens (tertiary/aromatic N) is 2. The van der Waals surface area contributed by atoms with Crippen LogP contribution in [0.4, 0.5) is 5.69 Å². The Balaban J connectivity index is 1.75. The standard InChI is InChI=1S/C21H21N3O3/c1-15-7-9-17(10-8-15)13-23-11-12-24(21(27)20(23)26)14-19(25)22-18-6-4-3-5-16(18)2/h3-12H,13-14H2,1-2H3,(H,22,25). The van der Waals surface area contributed by atoms with Gasteiger partial charge >= 0.3 is 11.1 Å². The first kappa shape index (κ1) is 18.4. The monoisotopic (exact) mass is 363 g/mol. The summed E-state index contributed by atoms with van der Waals surface area (Å²) in [6, 6.07) is 15.1. The van der Waals surface area contributed by atoms with Gasteiger partial charge in [-0.15, -0.1) is 0 Å². The van der Waals surface area contributed by atoms with E-state index in [2.05, 4.69) is 5.32 Å². The summed E-state index contributed by atoms with van der Waals surface area (Å²) in [6.45, 7) is 3.96. The molecule has 0 aliphatic carbocycles. The quantitative estimate of drug-likeness (QED) is 0.707. The Hall–Kier alpha value is -3.41. The van der Waals surface area contributed by atoms with Gasteiger partial charge in [0.15, 0.2) is 0 Å². The van der Waals surface area contributed by atoms with Crippen molar-refractivity contribution >= 4 is 11.6 Å². The second kappa shape index (κ2) is 7.86. The zero-order chi connectivity index (χ0) is 19.4. The first-order valence-electron chi connectivity index (χ1n) is 8.65. The highest BCUT2D eigenvalue weighted by Gasteiger charge is 2.10. The fourth-order valence-corrected chi connectivity index (χ4v) is 2.74. The van der Waals surface area contributed by atoms with Gasteiger partial charge in [0.25, 0.3) is 0 Å². The van der Waals surface area contributed by atoms with Crippen molar-refractivity contribution < 1.29 is 4.79 Å². The van der Waals surface area contributed by atoms with E-state index in [0.29, 0.717) is 12.2 Å². The number of anilines is 1. The average molecular weight is 363 g/mol. The van der Waals surface area contributed by atoms with Gasteiger partial charge < -0.3 is 9.88 Å². The number of carbonyl (C=O) groups is 1. The van der Waals surface area contributed by atoms with Crippen LogP contribution in [0.15, 0.2) is 70.5 Å². The van der Waals surface area contributed by atoms with E-state index in [9.17, 15) is 14.4 Å². The average Bonchev–Trinajstić information content (AvgIpc) is 2.65. The maximum Gasteiger partial charge on any atom is 0.316 e. The number of aryl methyl sites for hydroxylation is 2. The van der Waals surface area contributed by atoms with Crippen LogP contribution in [0.25, 0.3) is 0 Å². The lowest BCUT2D eigenvalue weighted by Gasteiger charge is -2.11. The molecule has 1 aromatic heterocycles. The van der Waals surface area contributed by atoms with Crippen molar-refractivity contribution in [2.24, 2.45) is 0 Å². The minimum Gasteiger partial charge on any atom is -0.324 e. The lowest BCUT2D eigenvalue weighted by molar-refractivity contribution is -0.116. The Kier molecular flexibility index (Phi) is 5.35. The Labute approximate surface area is 156 Å². The van der Waals surface area contributed by atoms with Crippen molar-refractivity contribution in [2.45, 2.75) is 26.9 Å². The van der Waals surface area contributed by atoms with E-state index in [1.54, 1.807) is 6.07 Å². The van der Waals surface area contributed by atoms with Gasteiger partial charge in [0, 0.05) is 18.1 Å². The second-order valence-corrected chi connectivity index (χ2v) is 6.51. The van der Waals surface area contributed by atoms with Crippen molar-refractivity contribution in [3.63, 3.8) is 0 Å². The van der Waals surface area contributed by atoms with Gasteiger partial charge in [0.2, 0.25) is 5.91 Å². The fourth-order valence-electron chi connectivity index (χ4n) is 2.74. The van der Waals surface area contributed by atoms with Gasteiger partial charge in [0.05, 0.1) is 6.54 Å². The van der Waals surface area contributed by atoms with Crippen LogP contribution in [0.5, 0.6) is 0 Å². The molecule has 0 fully saturated rings. The number of rotatable bonds is 5. The molecule has 6 heteroatoms. The number of para-hydroxylation sites is 1. The lowest BCUT2D eigenvalue weighted by Crippen LogP contribution is -2.42. The van der Waals surface area contributed by atoms with Gasteiger partial charge in [0.1, 0.15) is 6.54 Å². The molecule has 6 nitrogen and oxygen atoms in total. The zero-order valence-electron chi connectivity index (χ0n) is 15.3. The Morgan fingerprint density at radius 1 is 0.889 bits per heavy atom. The smallest absolute Gasteiger partial charge is 0.316 e. The van der Waals surface area contributed by atoms with Crippen LogP contribution in [0.3, 0.4) is 0 Å². The molecule has 27 heavy (non-hydrogen) atoms. The summed E-state index contributed by atoms with van der Waals surface area (Å²) in [6.07, 6.45) is 3.00. The number of hydrogen-bond donors (Lipinski definition) is 1. The molecule has 138 valence electrons. The van der Waals surface area contributed by atoms with Crippen LogP contribution in [-0.2, 0) is 17.9 Å². The Morgan fingerprint density at radius 2 is 1.52 bits per heavy atom. The third-order valence-electron chi connectivity index (χ3n) is 4.34. The van der Waals surface area contributed by atoms with Gasteiger partial charge in [-0.1, -0.05) is 48.0 Å². The van der Waals surface area contributed by atoms with Crippen LogP contribution >= 0.6 is 0 Å². The SMILES string of the molecule is Cc1ccc(Cn2ccn(CC(=O)Nc3ccccc3C)c(=O)c2=O)cc1. The topological polar surface area (TPSA) is 73.1 Å². The van der Waals surface area contributed by atoms with E-state index in [1.165, 1.54) is 17.0 Å². The maximum atomic E-state index is 12.4. The summed E-state index contributed by atoms with van der Waals surface area (Å²) in [5, 5.41) is 2.76. The summed E-state index contributed by atoms with van der Waals surface area (Å²) in [7, 11) is 0. The van der Waals surface area contributed by atoms with Gasteiger partial charge in [-0.25, -0.2) is 0 Å². The molecule has 0 radical (unpaired) electrons. The van der Waals surface area contributed by atoms with Crippen LogP contribution in [-0.4, -0.2) is 15.0 Å². The van der Waals surface area contributed by atoms with E-state index in [1.807, 2.05) is 56.3 Å². The van der Waals surface area contributed by atoms with Crippen molar-refractivity contribution in [3.8, 4) is 0 Å². The normalized spacial score (nSPS) is 10.6. The summed E-state index contributed by atoms with van der Waals surface area (Å²) < 4.78 is 2.48. The minimum absolute atomic E-state index is 0.215. The predicted octanol–water partition coefficient (Wildman–Crippen LogP) is 2.31. The molecule has 0 saturated carbocycles. The number of carbonyl (C=O) groups excluding carboxylic acids is 1. The molecule has 0 saturated heterocycles. The number of benzene rings is 2. The molecule has 0 bridgehead atoms. The highest BCUT2D eigenvalue weighted by atomic mass is 16.2. The minimum atomic E-state index is -0.718. The van der Waals surface area contributed by atoms with Gasteiger partial charge in [-0.05, 0) is 31.0 Å². The molecule has 0 atom stereocenters. The Bertz CT molecular complexity index is 1080. The molecule has 1 heterocycles. The molecule has 3 rings (SSSR count). The molecular formula is C21H21N3O3. The van der Waals surface area contributed by atoms with E-state index in [4.69, 9.17) is 0 Å². The highest BCUT2D eigenvalue weighted by molar-refractivity contribution is 5.91. The first-order chi connectivity index (χ1) is 12.9. The lowest BCUT2D eigenvalue weighted by atomic mass is 10.1. The van der Waals surface area contributed by atoms with Gasteiger partial charge in [-0.2, -0.15) is 0 Å². The van der Waals surface area contributed by atoms with E-state index in [0.717, 1.165) is 21.3 Å². The third-order valence-corrected chi connectivity index (χ3v) is 4.34.